The first-order valence-corrected chi connectivity index (χ1v) is 8.08. The molecule has 0 spiro atoms. The monoisotopic (exact) mass is 291 g/mol. The van der Waals surface area contributed by atoms with Crippen molar-refractivity contribution >= 4 is 0 Å². The summed E-state index contributed by atoms with van der Waals surface area (Å²) in [6, 6.07) is 8.60. The van der Waals surface area contributed by atoms with Crippen LogP contribution in [-0.2, 0) is 10.2 Å². The van der Waals surface area contributed by atoms with Gasteiger partial charge in [-0.1, -0.05) is 31.9 Å². The summed E-state index contributed by atoms with van der Waals surface area (Å²) in [5.74, 6) is 1.84. The van der Waals surface area contributed by atoms with E-state index in [2.05, 4.69) is 30.4 Å². The molecular formula is C18H29NO2. The average Bonchev–Trinajstić information content (AvgIpc) is 2.48. The van der Waals surface area contributed by atoms with Gasteiger partial charge in [-0.3, -0.25) is 0 Å². The van der Waals surface area contributed by atoms with E-state index in [-0.39, 0.29) is 5.41 Å². The van der Waals surface area contributed by atoms with Crippen molar-refractivity contribution < 1.29 is 9.47 Å². The summed E-state index contributed by atoms with van der Waals surface area (Å²) in [7, 11) is 3.49. The minimum Gasteiger partial charge on any atom is -0.497 e. The van der Waals surface area contributed by atoms with E-state index < -0.39 is 0 Å². The topological polar surface area (TPSA) is 30.5 Å². The molecule has 1 N–H and O–H groups in total. The Morgan fingerprint density at radius 3 is 2.76 bits per heavy atom. The van der Waals surface area contributed by atoms with E-state index in [1.54, 1.807) is 14.2 Å². The lowest BCUT2D eigenvalue weighted by molar-refractivity contribution is 0.123. The summed E-state index contributed by atoms with van der Waals surface area (Å²) in [4.78, 5) is 0. The molecule has 0 amide bonds. The van der Waals surface area contributed by atoms with Crippen molar-refractivity contribution in [1.29, 1.82) is 0 Å². The second kappa shape index (κ2) is 7.81. The van der Waals surface area contributed by atoms with Gasteiger partial charge in [-0.05, 0) is 36.5 Å². The van der Waals surface area contributed by atoms with Gasteiger partial charge in [0.05, 0.1) is 13.7 Å². The molecule has 0 aliphatic heterocycles. The fraction of sp³-hybridized carbons (Fsp3) is 0.667. The van der Waals surface area contributed by atoms with Crippen LogP contribution in [0.15, 0.2) is 24.3 Å². The summed E-state index contributed by atoms with van der Waals surface area (Å²) in [5.41, 5.74) is 1.70. The highest BCUT2D eigenvalue weighted by Crippen LogP contribution is 2.49. The summed E-state index contributed by atoms with van der Waals surface area (Å²) in [6.45, 7) is 5.00. The van der Waals surface area contributed by atoms with Gasteiger partial charge in [0.25, 0.3) is 0 Å². The molecule has 0 bridgehead atoms. The first-order chi connectivity index (χ1) is 10.2. The van der Waals surface area contributed by atoms with Crippen LogP contribution in [0.25, 0.3) is 0 Å². The SMILES string of the molecule is CCCC1CC(CNCCOC)(c2cccc(OC)c2)C1. The zero-order valence-corrected chi connectivity index (χ0v) is 13.7. The van der Waals surface area contributed by atoms with Gasteiger partial charge in [0, 0.05) is 25.6 Å². The molecule has 1 aliphatic rings. The Labute approximate surface area is 129 Å². The van der Waals surface area contributed by atoms with Crippen LogP contribution in [0.2, 0.25) is 0 Å². The number of methoxy groups -OCH3 is 2. The summed E-state index contributed by atoms with van der Waals surface area (Å²) >= 11 is 0. The first kappa shape index (κ1) is 16.3. The minimum atomic E-state index is 0.280. The maximum atomic E-state index is 5.40. The molecule has 0 aromatic heterocycles. The molecular weight excluding hydrogens is 262 g/mol. The standard InChI is InChI=1S/C18H29NO2/c1-4-6-15-12-18(13-15,14-19-9-10-20-2)16-7-5-8-17(11-16)21-3/h5,7-8,11,15,19H,4,6,9-10,12-14H2,1-3H3. The molecule has 0 unspecified atom stereocenters. The number of hydrogen-bond acceptors (Lipinski definition) is 3. The fourth-order valence-electron chi connectivity index (χ4n) is 3.59. The highest BCUT2D eigenvalue weighted by Gasteiger charge is 2.44. The fourth-order valence-corrected chi connectivity index (χ4v) is 3.59. The van der Waals surface area contributed by atoms with Crippen molar-refractivity contribution in [2.45, 2.75) is 38.0 Å². The van der Waals surface area contributed by atoms with E-state index in [0.29, 0.717) is 0 Å². The molecule has 21 heavy (non-hydrogen) atoms. The summed E-state index contributed by atoms with van der Waals surface area (Å²) in [6.07, 6.45) is 5.21. The van der Waals surface area contributed by atoms with E-state index in [9.17, 15) is 0 Å². The minimum absolute atomic E-state index is 0.280. The van der Waals surface area contributed by atoms with Crippen LogP contribution in [0, 0.1) is 5.92 Å². The maximum Gasteiger partial charge on any atom is 0.119 e. The Morgan fingerprint density at radius 1 is 1.29 bits per heavy atom. The lowest BCUT2D eigenvalue weighted by Crippen LogP contribution is -2.49. The van der Waals surface area contributed by atoms with Gasteiger partial charge in [0.1, 0.15) is 5.75 Å². The van der Waals surface area contributed by atoms with Crippen LogP contribution in [0.4, 0.5) is 0 Å². The molecule has 3 nitrogen and oxygen atoms in total. The third-order valence-electron chi connectivity index (χ3n) is 4.68. The molecule has 118 valence electrons. The largest absolute Gasteiger partial charge is 0.497 e. The van der Waals surface area contributed by atoms with E-state index >= 15 is 0 Å². The molecule has 0 radical (unpaired) electrons. The summed E-state index contributed by atoms with van der Waals surface area (Å²) in [5, 5.41) is 3.56. The van der Waals surface area contributed by atoms with Gasteiger partial charge in [0.15, 0.2) is 0 Å². The smallest absolute Gasteiger partial charge is 0.119 e. The number of rotatable bonds is 9. The molecule has 0 atom stereocenters. The number of benzene rings is 1. The van der Waals surface area contributed by atoms with E-state index in [1.165, 1.54) is 31.2 Å². The van der Waals surface area contributed by atoms with Crippen LogP contribution in [0.3, 0.4) is 0 Å². The first-order valence-electron chi connectivity index (χ1n) is 8.08. The Kier molecular flexibility index (Phi) is 6.07. The number of nitrogens with one attached hydrogen (secondary N) is 1. The van der Waals surface area contributed by atoms with Crippen LogP contribution in [-0.4, -0.2) is 33.9 Å². The molecule has 0 heterocycles. The van der Waals surface area contributed by atoms with Crippen molar-refractivity contribution in [3.05, 3.63) is 29.8 Å². The van der Waals surface area contributed by atoms with E-state index in [0.717, 1.165) is 31.4 Å². The normalized spacial score (nSPS) is 24.6. The van der Waals surface area contributed by atoms with Crippen LogP contribution < -0.4 is 10.1 Å². The van der Waals surface area contributed by atoms with Gasteiger partial charge in [-0.15, -0.1) is 0 Å². The van der Waals surface area contributed by atoms with Crippen molar-refractivity contribution in [2.75, 3.05) is 33.9 Å². The number of ether oxygens (including phenoxy) is 2. The second-order valence-electron chi connectivity index (χ2n) is 6.24. The molecule has 2 rings (SSSR count). The Hall–Kier alpha value is -1.06. The molecule has 1 aromatic carbocycles. The zero-order chi connectivity index (χ0) is 15.1. The highest BCUT2D eigenvalue weighted by molar-refractivity contribution is 5.36. The number of hydrogen-bond donors (Lipinski definition) is 1. The molecule has 3 heteroatoms. The molecule has 1 saturated carbocycles. The van der Waals surface area contributed by atoms with Crippen LogP contribution >= 0.6 is 0 Å². The predicted molar refractivity (Wildman–Crippen MR) is 87.0 cm³/mol. The van der Waals surface area contributed by atoms with Crippen molar-refractivity contribution in [1.82, 2.24) is 5.32 Å². The second-order valence-corrected chi connectivity index (χ2v) is 6.24. The van der Waals surface area contributed by atoms with Crippen LogP contribution in [0.1, 0.15) is 38.2 Å². The quantitative estimate of drug-likeness (QED) is 0.708. The third kappa shape index (κ3) is 3.98. The molecule has 1 aliphatic carbocycles. The van der Waals surface area contributed by atoms with Gasteiger partial charge in [-0.2, -0.15) is 0 Å². The molecule has 0 saturated heterocycles. The van der Waals surface area contributed by atoms with Gasteiger partial charge >= 0.3 is 0 Å². The van der Waals surface area contributed by atoms with Crippen LogP contribution in [0.5, 0.6) is 5.75 Å². The van der Waals surface area contributed by atoms with E-state index in [4.69, 9.17) is 9.47 Å². The Morgan fingerprint density at radius 2 is 2.10 bits per heavy atom. The highest BCUT2D eigenvalue weighted by atomic mass is 16.5. The lowest BCUT2D eigenvalue weighted by atomic mass is 9.57. The Balaban J connectivity index is 2.05. The molecule has 1 aromatic rings. The summed E-state index contributed by atoms with van der Waals surface area (Å²) < 4.78 is 10.5. The predicted octanol–water partition coefficient (Wildman–Crippen LogP) is 3.38. The van der Waals surface area contributed by atoms with Gasteiger partial charge in [-0.25, -0.2) is 0 Å². The lowest BCUT2D eigenvalue weighted by Gasteiger charge is -2.49. The third-order valence-corrected chi connectivity index (χ3v) is 4.68. The van der Waals surface area contributed by atoms with Crippen molar-refractivity contribution in [3.8, 4) is 5.75 Å². The Bertz CT molecular complexity index is 427. The maximum absolute atomic E-state index is 5.40. The molecule has 1 fully saturated rings. The average molecular weight is 291 g/mol. The van der Waals surface area contributed by atoms with Crippen molar-refractivity contribution in [3.63, 3.8) is 0 Å². The van der Waals surface area contributed by atoms with Gasteiger partial charge < -0.3 is 14.8 Å². The van der Waals surface area contributed by atoms with E-state index in [1.807, 2.05) is 6.07 Å². The van der Waals surface area contributed by atoms with Crippen molar-refractivity contribution in [2.24, 2.45) is 5.92 Å². The van der Waals surface area contributed by atoms with Gasteiger partial charge in [0.2, 0.25) is 0 Å². The zero-order valence-electron chi connectivity index (χ0n) is 13.7.